The molecule has 0 aromatic carbocycles. The van der Waals surface area contributed by atoms with Crippen LogP contribution in [0.5, 0.6) is 0 Å². The summed E-state index contributed by atoms with van der Waals surface area (Å²) in [5, 5.41) is 3.36. The highest BCUT2D eigenvalue weighted by molar-refractivity contribution is 5.84. The lowest BCUT2D eigenvalue weighted by atomic mass is 9.81. The van der Waals surface area contributed by atoms with Gasteiger partial charge in [0.25, 0.3) is 0 Å². The van der Waals surface area contributed by atoms with Crippen molar-refractivity contribution >= 4 is 5.97 Å². The Bertz CT molecular complexity index is 324. The summed E-state index contributed by atoms with van der Waals surface area (Å²) in [7, 11) is 0. The summed E-state index contributed by atoms with van der Waals surface area (Å²) in [6.45, 7) is 6.92. The first-order chi connectivity index (χ1) is 8.76. The molecule has 0 bridgehead atoms. The van der Waals surface area contributed by atoms with Crippen LogP contribution in [-0.2, 0) is 9.53 Å². The van der Waals surface area contributed by atoms with E-state index >= 15 is 0 Å². The van der Waals surface area contributed by atoms with Crippen LogP contribution in [0, 0.1) is 11.8 Å². The first kappa shape index (κ1) is 12.4. The lowest BCUT2D eigenvalue weighted by molar-refractivity contribution is -0.152. The first-order valence-corrected chi connectivity index (χ1v) is 7.39. The molecule has 4 nitrogen and oxygen atoms in total. The Morgan fingerprint density at radius 1 is 1.39 bits per heavy atom. The predicted octanol–water partition coefficient (Wildman–Crippen LogP) is 1.01. The zero-order valence-electron chi connectivity index (χ0n) is 11.3. The highest BCUT2D eigenvalue weighted by Crippen LogP contribution is 2.45. The fraction of sp³-hybridized carbons (Fsp3) is 0.929. The number of hydrogen-bond donors (Lipinski definition) is 1. The molecule has 0 aromatic rings. The van der Waals surface area contributed by atoms with Crippen molar-refractivity contribution in [2.75, 3.05) is 32.8 Å². The summed E-state index contributed by atoms with van der Waals surface area (Å²) in [6, 6.07) is 0. The van der Waals surface area contributed by atoms with Crippen molar-refractivity contribution in [2.45, 2.75) is 38.1 Å². The molecule has 3 aliphatic rings. The van der Waals surface area contributed by atoms with E-state index in [9.17, 15) is 4.79 Å². The van der Waals surface area contributed by atoms with Crippen molar-refractivity contribution in [3.8, 4) is 0 Å². The fourth-order valence-corrected chi connectivity index (χ4v) is 3.46. The van der Waals surface area contributed by atoms with Gasteiger partial charge in [0.1, 0.15) is 5.54 Å². The van der Waals surface area contributed by atoms with Gasteiger partial charge in [-0.25, -0.2) is 0 Å². The Balaban J connectivity index is 1.62. The van der Waals surface area contributed by atoms with E-state index in [1.165, 1.54) is 25.9 Å². The second-order valence-corrected chi connectivity index (χ2v) is 6.02. The van der Waals surface area contributed by atoms with Gasteiger partial charge in [0, 0.05) is 6.54 Å². The predicted molar refractivity (Wildman–Crippen MR) is 69.3 cm³/mol. The zero-order valence-corrected chi connectivity index (χ0v) is 11.3. The van der Waals surface area contributed by atoms with Crippen LogP contribution in [0.4, 0.5) is 0 Å². The molecule has 1 aliphatic carbocycles. The van der Waals surface area contributed by atoms with Crippen molar-refractivity contribution in [1.82, 2.24) is 10.2 Å². The summed E-state index contributed by atoms with van der Waals surface area (Å²) >= 11 is 0. The Kier molecular flexibility index (Phi) is 3.32. The van der Waals surface area contributed by atoms with E-state index in [-0.39, 0.29) is 11.5 Å². The third-order valence-corrected chi connectivity index (χ3v) is 4.92. The summed E-state index contributed by atoms with van der Waals surface area (Å²) in [4.78, 5) is 14.5. The van der Waals surface area contributed by atoms with Crippen LogP contribution in [0.15, 0.2) is 0 Å². The molecule has 0 unspecified atom stereocenters. The minimum absolute atomic E-state index is 0.0254. The molecule has 1 saturated carbocycles. The Hall–Kier alpha value is -0.610. The lowest BCUT2D eigenvalue weighted by Gasteiger charge is -2.43. The van der Waals surface area contributed by atoms with E-state index in [2.05, 4.69) is 10.2 Å². The third kappa shape index (κ3) is 2.05. The smallest absolute Gasteiger partial charge is 0.326 e. The lowest BCUT2D eigenvalue weighted by Crippen LogP contribution is -2.55. The van der Waals surface area contributed by atoms with Gasteiger partial charge in [-0.2, -0.15) is 0 Å². The van der Waals surface area contributed by atoms with Gasteiger partial charge in [-0.1, -0.05) is 0 Å². The van der Waals surface area contributed by atoms with Gasteiger partial charge in [0.05, 0.1) is 6.61 Å². The number of nitrogens with zero attached hydrogens (tertiary/aromatic N) is 1. The van der Waals surface area contributed by atoms with Crippen molar-refractivity contribution in [1.29, 1.82) is 0 Å². The molecule has 3 fully saturated rings. The van der Waals surface area contributed by atoms with E-state index in [1.54, 1.807) is 0 Å². The molecule has 0 spiro atoms. The van der Waals surface area contributed by atoms with Gasteiger partial charge in [-0.3, -0.25) is 9.69 Å². The number of carbonyl (C=O) groups is 1. The van der Waals surface area contributed by atoms with E-state index in [1.807, 2.05) is 6.92 Å². The second-order valence-electron chi connectivity index (χ2n) is 6.02. The molecule has 0 radical (unpaired) electrons. The molecular formula is C14H24N2O2. The molecule has 1 N–H and O–H groups in total. The minimum atomic E-state index is -0.230. The highest BCUT2D eigenvalue weighted by Gasteiger charge is 2.56. The number of nitrogens with one attached hydrogen (secondary N) is 1. The SMILES string of the molecule is CCOC(=O)C1(N2CCC[C@H](C3CNC3)C2)CC1. The minimum Gasteiger partial charge on any atom is -0.465 e. The summed E-state index contributed by atoms with van der Waals surface area (Å²) in [6.07, 6.45) is 4.58. The van der Waals surface area contributed by atoms with E-state index in [4.69, 9.17) is 4.74 Å². The Morgan fingerprint density at radius 2 is 2.17 bits per heavy atom. The zero-order chi connectivity index (χ0) is 12.6. The maximum atomic E-state index is 12.1. The maximum Gasteiger partial charge on any atom is 0.326 e. The van der Waals surface area contributed by atoms with Gasteiger partial charge in [0.15, 0.2) is 0 Å². The average molecular weight is 252 g/mol. The molecular weight excluding hydrogens is 228 g/mol. The molecule has 4 heteroatoms. The molecule has 0 amide bonds. The van der Waals surface area contributed by atoms with Crippen molar-refractivity contribution in [2.24, 2.45) is 11.8 Å². The molecule has 102 valence electrons. The van der Waals surface area contributed by atoms with Gasteiger partial charge in [-0.15, -0.1) is 0 Å². The standard InChI is InChI=1S/C14H24N2O2/c1-2-18-13(17)14(5-6-14)16-7-3-4-11(10-16)12-8-15-9-12/h11-12,15H,2-10H2,1H3/t11-/m0/s1. The number of esters is 1. The largest absolute Gasteiger partial charge is 0.465 e. The van der Waals surface area contributed by atoms with Crippen molar-refractivity contribution in [3.05, 3.63) is 0 Å². The summed E-state index contributed by atoms with van der Waals surface area (Å²) < 4.78 is 5.27. The van der Waals surface area contributed by atoms with Crippen LogP contribution in [0.1, 0.15) is 32.6 Å². The monoisotopic (exact) mass is 252 g/mol. The third-order valence-electron chi connectivity index (χ3n) is 4.92. The normalized spacial score (nSPS) is 31.7. The van der Waals surface area contributed by atoms with Crippen LogP contribution in [0.25, 0.3) is 0 Å². The topological polar surface area (TPSA) is 41.6 Å². The van der Waals surface area contributed by atoms with Crippen molar-refractivity contribution < 1.29 is 9.53 Å². The van der Waals surface area contributed by atoms with Gasteiger partial charge < -0.3 is 10.1 Å². The van der Waals surface area contributed by atoms with Crippen LogP contribution in [0.2, 0.25) is 0 Å². The summed E-state index contributed by atoms with van der Waals surface area (Å²) in [5.74, 6) is 1.65. The van der Waals surface area contributed by atoms with Crippen LogP contribution >= 0.6 is 0 Å². The van der Waals surface area contributed by atoms with E-state index in [0.29, 0.717) is 6.61 Å². The molecule has 2 saturated heterocycles. The van der Waals surface area contributed by atoms with Crippen LogP contribution in [-0.4, -0.2) is 49.2 Å². The average Bonchev–Trinajstić information content (AvgIpc) is 3.08. The quantitative estimate of drug-likeness (QED) is 0.758. The van der Waals surface area contributed by atoms with Gasteiger partial charge in [0.2, 0.25) is 0 Å². The number of piperidine rings is 1. The molecule has 18 heavy (non-hydrogen) atoms. The number of ether oxygens (including phenoxy) is 1. The molecule has 1 atom stereocenters. The molecule has 0 aromatic heterocycles. The van der Waals surface area contributed by atoms with Gasteiger partial charge in [-0.05, 0) is 64.1 Å². The number of hydrogen-bond acceptors (Lipinski definition) is 4. The second kappa shape index (κ2) is 4.82. The van der Waals surface area contributed by atoms with Gasteiger partial charge >= 0.3 is 5.97 Å². The van der Waals surface area contributed by atoms with E-state index < -0.39 is 0 Å². The van der Waals surface area contributed by atoms with Crippen LogP contribution < -0.4 is 5.32 Å². The number of rotatable bonds is 4. The maximum absolute atomic E-state index is 12.1. The Morgan fingerprint density at radius 3 is 2.72 bits per heavy atom. The van der Waals surface area contributed by atoms with Crippen LogP contribution in [0.3, 0.4) is 0 Å². The number of likely N-dealkylation sites (tertiary alicyclic amines) is 1. The highest BCUT2D eigenvalue weighted by atomic mass is 16.5. The molecule has 2 aliphatic heterocycles. The fourth-order valence-electron chi connectivity index (χ4n) is 3.46. The first-order valence-electron chi connectivity index (χ1n) is 7.39. The molecule has 3 rings (SSSR count). The van der Waals surface area contributed by atoms with Crippen molar-refractivity contribution in [3.63, 3.8) is 0 Å². The molecule has 2 heterocycles. The Labute approximate surface area is 109 Å². The summed E-state index contributed by atoms with van der Waals surface area (Å²) in [5.41, 5.74) is -0.230. The number of carbonyl (C=O) groups excluding carboxylic acids is 1. The van der Waals surface area contributed by atoms with E-state index in [0.717, 1.165) is 37.8 Å².